The molecule has 0 radical (unpaired) electrons. The van der Waals surface area contributed by atoms with Crippen LogP contribution in [0.5, 0.6) is 0 Å². The van der Waals surface area contributed by atoms with E-state index in [1.165, 1.54) is 16.2 Å². The first-order valence-electron chi connectivity index (χ1n) is 11.6. The third kappa shape index (κ3) is 4.82. The fourth-order valence-electron chi connectivity index (χ4n) is 4.84. The van der Waals surface area contributed by atoms with Gasteiger partial charge in [-0.05, 0) is 43.9 Å². The second kappa shape index (κ2) is 9.45. The third-order valence-corrected chi connectivity index (χ3v) is 7.44. The first-order valence-corrected chi connectivity index (χ1v) is 12.4. The Morgan fingerprint density at radius 2 is 1.86 bits per heavy atom. The standard InChI is InChI=1S/C26H24F3N3O2S/c1-16-30-23(24(35-16)17-8-3-2-4-9-17)25(33)32-15-7-10-18(26(27,28)29)20(32)13-14-22-31-19-11-5-6-12-21(19)34-22/h2-6,8-9,11-12,18,20H,7,10,13-15H2,1H3/t18-,20?/m1/s1. The molecule has 0 spiro atoms. The molecule has 1 amide bonds. The quantitative estimate of drug-likeness (QED) is 0.308. The van der Waals surface area contributed by atoms with Crippen LogP contribution in [0.15, 0.2) is 59.0 Å². The molecule has 2 aromatic carbocycles. The number of alkyl halides is 3. The third-order valence-electron chi connectivity index (χ3n) is 6.43. The van der Waals surface area contributed by atoms with Gasteiger partial charge in [-0.25, -0.2) is 9.97 Å². The second-order valence-corrected chi connectivity index (χ2v) is 9.95. The van der Waals surface area contributed by atoms with Gasteiger partial charge in [0, 0.05) is 19.0 Å². The van der Waals surface area contributed by atoms with Gasteiger partial charge in [-0.1, -0.05) is 42.5 Å². The van der Waals surface area contributed by atoms with Gasteiger partial charge in [0.2, 0.25) is 0 Å². The molecule has 5 rings (SSSR count). The zero-order chi connectivity index (χ0) is 24.6. The Kier molecular flexibility index (Phi) is 6.35. The molecular weight excluding hydrogens is 475 g/mol. The van der Waals surface area contributed by atoms with Crippen molar-refractivity contribution >= 4 is 28.3 Å². The molecule has 5 nitrogen and oxygen atoms in total. The number of halogens is 3. The summed E-state index contributed by atoms with van der Waals surface area (Å²) in [5, 5.41) is 0.694. The van der Waals surface area contributed by atoms with Crippen molar-refractivity contribution in [3.05, 3.63) is 71.2 Å². The zero-order valence-corrected chi connectivity index (χ0v) is 19.9. The summed E-state index contributed by atoms with van der Waals surface area (Å²) >= 11 is 1.37. The Balaban J connectivity index is 1.46. The second-order valence-electron chi connectivity index (χ2n) is 8.75. The van der Waals surface area contributed by atoms with Crippen LogP contribution in [-0.2, 0) is 6.42 Å². The summed E-state index contributed by atoms with van der Waals surface area (Å²) in [4.78, 5) is 24.6. The van der Waals surface area contributed by atoms with Gasteiger partial charge in [-0.15, -0.1) is 11.3 Å². The molecular formula is C26H24F3N3O2S. The van der Waals surface area contributed by atoms with Gasteiger partial charge < -0.3 is 9.32 Å². The van der Waals surface area contributed by atoms with Crippen LogP contribution in [-0.4, -0.2) is 39.5 Å². The largest absolute Gasteiger partial charge is 0.441 e. The normalized spacial score (nSPS) is 18.8. The minimum atomic E-state index is -4.41. The molecule has 1 fully saturated rings. The van der Waals surface area contributed by atoms with E-state index in [4.69, 9.17) is 4.42 Å². The van der Waals surface area contributed by atoms with Crippen molar-refractivity contribution in [2.45, 2.75) is 44.8 Å². The van der Waals surface area contributed by atoms with Gasteiger partial charge >= 0.3 is 6.18 Å². The number of carbonyl (C=O) groups excluding carboxylic acids is 1. The predicted octanol–water partition coefficient (Wildman–Crippen LogP) is 6.68. The van der Waals surface area contributed by atoms with Crippen molar-refractivity contribution in [3.63, 3.8) is 0 Å². The SMILES string of the molecule is Cc1nc(C(=O)N2CCC[C@@H](C(F)(F)F)C2CCc2nc3ccccc3o2)c(-c2ccccc2)s1. The molecule has 2 aromatic heterocycles. The maximum Gasteiger partial charge on any atom is 0.393 e. The lowest BCUT2D eigenvalue weighted by molar-refractivity contribution is -0.198. The molecule has 182 valence electrons. The van der Waals surface area contributed by atoms with Crippen LogP contribution in [0, 0.1) is 12.8 Å². The predicted molar refractivity (Wildman–Crippen MR) is 128 cm³/mol. The van der Waals surface area contributed by atoms with E-state index in [0.717, 1.165) is 5.56 Å². The number of aromatic nitrogens is 2. The molecule has 0 N–H and O–H groups in total. The van der Waals surface area contributed by atoms with Crippen molar-refractivity contribution < 1.29 is 22.4 Å². The van der Waals surface area contributed by atoms with E-state index in [0.29, 0.717) is 33.3 Å². The molecule has 1 aliphatic heterocycles. The lowest BCUT2D eigenvalue weighted by Crippen LogP contribution is -2.53. The maximum absolute atomic E-state index is 14.1. The Labute approximate surface area is 204 Å². The van der Waals surface area contributed by atoms with Gasteiger partial charge in [0.15, 0.2) is 11.5 Å². The smallest absolute Gasteiger partial charge is 0.393 e. The van der Waals surface area contributed by atoms with E-state index in [1.54, 1.807) is 19.1 Å². The van der Waals surface area contributed by atoms with Crippen molar-refractivity contribution in [3.8, 4) is 10.4 Å². The van der Waals surface area contributed by atoms with Gasteiger partial charge in [-0.2, -0.15) is 13.2 Å². The van der Waals surface area contributed by atoms with Crippen molar-refractivity contribution in [1.82, 2.24) is 14.9 Å². The number of nitrogens with zero attached hydrogens (tertiary/aromatic N) is 3. The van der Waals surface area contributed by atoms with E-state index in [2.05, 4.69) is 9.97 Å². The highest BCUT2D eigenvalue weighted by atomic mass is 32.1. The zero-order valence-electron chi connectivity index (χ0n) is 19.1. The Hall–Kier alpha value is -3.20. The summed E-state index contributed by atoms with van der Waals surface area (Å²) in [7, 11) is 0. The van der Waals surface area contributed by atoms with Crippen molar-refractivity contribution in [2.75, 3.05) is 6.54 Å². The molecule has 1 saturated heterocycles. The van der Waals surface area contributed by atoms with Crippen LogP contribution in [0.4, 0.5) is 13.2 Å². The number of hydrogen-bond acceptors (Lipinski definition) is 5. The Bertz CT molecular complexity index is 1300. The van der Waals surface area contributed by atoms with Gasteiger partial charge in [0.1, 0.15) is 11.2 Å². The van der Waals surface area contributed by atoms with E-state index < -0.39 is 24.0 Å². The van der Waals surface area contributed by atoms with Crippen LogP contribution >= 0.6 is 11.3 Å². The summed E-state index contributed by atoms with van der Waals surface area (Å²) < 4.78 is 48.0. The number of rotatable bonds is 5. The average Bonchev–Trinajstić information content (AvgIpc) is 3.45. The summed E-state index contributed by atoms with van der Waals surface area (Å²) in [6.45, 7) is 2.06. The highest BCUT2D eigenvalue weighted by molar-refractivity contribution is 7.15. The fourth-order valence-corrected chi connectivity index (χ4v) is 5.76. The van der Waals surface area contributed by atoms with Gasteiger partial charge in [0.25, 0.3) is 5.91 Å². The molecule has 2 atom stereocenters. The van der Waals surface area contributed by atoms with E-state index in [9.17, 15) is 18.0 Å². The summed E-state index contributed by atoms with van der Waals surface area (Å²) in [5.74, 6) is -1.69. The van der Waals surface area contributed by atoms with Crippen LogP contribution < -0.4 is 0 Å². The lowest BCUT2D eigenvalue weighted by Gasteiger charge is -2.42. The molecule has 0 saturated carbocycles. The number of carbonyl (C=O) groups is 1. The van der Waals surface area contributed by atoms with E-state index in [-0.39, 0.29) is 31.5 Å². The molecule has 0 aliphatic carbocycles. The summed E-state index contributed by atoms with van der Waals surface area (Å²) in [6.07, 6.45) is -3.82. The number of likely N-dealkylation sites (tertiary alicyclic amines) is 1. The number of oxazole rings is 1. The number of aryl methyl sites for hydroxylation is 2. The summed E-state index contributed by atoms with van der Waals surface area (Å²) in [5.41, 5.74) is 2.30. The first kappa shape index (κ1) is 23.5. The summed E-state index contributed by atoms with van der Waals surface area (Å²) in [6, 6.07) is 15.6. The number of hydrogen-bond donors (Lipinski definition) is 0. The highest BCUT2D eigenvalue weighted by Gasteiger charge is 2.49. The highest BCUT2D eigenvalue weighted by Crippen LogP contribution is 2.41. The molecule has 9 heteroatoms. The average molecular weight is 500 g/mol. The van der Waals surface area contributed by atoms with E-state index in [1.807, 2.05) is 42.5 Å². The molecule has 0 bridgehead atoms. The molecule has 35 heavy (non-hydrogen) atoms. The van der Waals surface area contributed by atoms with Crippen LogP contribution in [0.25, 0.3) is 21.5 Å². The minimum absolute atomic E-state index is 0.00680. The Morgan fingerprint density at radius 1 is 1.11 bits per heavy atom. The number of fused-ring (bicyclic) bond motifs is 1. The first-order chi connectivity index (χ1) is 16.8. The van der Waals surface area contributed by atoms with Crippen molar-refractivity contribution in [1.29, 1.82) is 0 Å². The maximum atomic E-state index is 14.1. The van der Waals surface area contributed by atoms with Crippen LogP contribution in [0.1, 0.15) is 40.6 Å². The number of thiazole rings is 1. The molecule has 3 heterocycles. The van der Waals surface area contributed by atoms with Gasteiger partial charge in [0.05, 0.1) is 15.8 Å². The lowest BCUT2D eigenvalue weighted by atomic mass is 9.85. The van der Waals surface area contributed by atoms with Crippen LogP contribution in [0.2, 0.25) is 0 Å². The topological polar surface area (TPSA) is 59.2 Å². The number of piperidine rings is 1. The molecule has 1 unspecified atom stereocenters. The van der Waals surface area contributed by atoms with Gasteiger partial charge in [-0.3, -0.25) is 4.79 Å². The minimum Gasteiger partial charge on any atom is -0.441 e. The fraction of sp³-hybridized carbons (Fsp3) is 0.346. The van der Waals surface area contributed by atoms with Crippen molar-refractivity contribution in [2.24, 2.45) is 5.92 Å². The van der Waals surface area contributed by atoms with Crippen LogP contribution in [0.3, 0.4) is 0 Å². The van der Waals surface area contributed by atoms with E-state index >= 15 is 0 Å². The monoisotopic (exact) mass is 499 g/mol. The number of para-hydroxylation sites is 2. The molecule has 1 aliphatic rings. The number of benzene rings is 2. The number of amides is 1. The molecule has 4 aromatic rings. The Morgan fingerprint density at radius 3 is 2.60 bits per heavy atom.